The summed E-state index contributed by atoms with van der Waals surface area (Å²) in [6, 6.07) is 21.2. The maximum atomic E-state index is 12.6. The van der Waals surface area contributed by atoms with Gasteiger partial charge in [0.15, 0.2) is 0 Å². The molecule has 0 aromatic heterocycles. The van der Waals surface area contributed by atoms with Crippen molar-refractivity contribution in [1.29, 1.82) is 0 Å². The lowest BCUT2D eigenvalue weighted by Gasteiger charge is -2.05. The molecule has 0 unspecified atom stereocenters. The van der Waals surface area contributed by atoms with E-state index in [0.29, 0.717) is 9.95 Å². The Morgan fingerprint density at radius 3 is 2.55 bits per heavy atom. The smallest absolute Gasteiger partial charge is 0.344 e. The van der Waals surface area contributed by atoms with E-state index in [1.54, 1.807) is 14.0 Å². The Morgan fingerprint density at radius 1 is 1.06 bits per heavy atom. The fourth-order valence-corrected chi connectivity index (χ4v) is 4.29. The summed E-state index contributed by atoms with van der Waals surface area (Å²) in [5.74, 6) is 0.0225. The van der Waals surface area contributed by atoms with Crippen LogP contribution in [0.4, 0.5) is 5.69 Å². The lowest BCUT2D eigenvalue weighted by molar-refractivity contribution is -0.138. The van der Waals surface area contributed by atoms with Crippen LogP contribution in [0.15, 0.2) is 88.0 Å². The van der Waals surface area contributed by atoms with Gasteiger partial charge >= 0.3 is 5.97 Å². The highest BCUT2D eigenvalue weighted by Crippen LogP contribution is 2.41. The maximum Gasteiger partial charge on any atom is 0.344 e. The molecule has 0 saturated carbocycles. The SMILES string of the molecule is CCOC(=O)C1=C(O)/C(=C/c2ccc(OC)cc2)SC1=Nc1cccc2ccccc12. The van der Waals surface area contributed by atoms with Crippen molar-refractivity contribution in [2.24, 2.45) is 4.99 Å². The second-order valence-electron chi connectivity index (χ2n) is 6.74. The fourth-order valence-electron chi connectivity index (χ4n) is 3.26. The van der Waals surface area contributed by atoms with Gasteiger partial charge < -0.3 is 14.6 Å². The molecule has 1 aliphatic heterocycles. The predicted octanol–water partition coefficient (Wildman–Crippen LogP) is 6.04. The van der Waals surface area contributed by atoms with Crippen molar-refractivity contribution in [3.05, 3.63) is 88.5 Å². The monoisotopic (exact) mass is 431 g/mol. The summed E-state index contributed by atoms with van der Waals surface area (Å²) in [4.78, 5) is 17.9. The molecule has 0 aliphatic carbocycles. The van der Waals surface area contributed by atoms with Crippen molar-refractivity contribution in [1.82, 2.24) is 0 Å². The zero-order valence-electron chi connectivity index (χ0n) is 17.2. The second kappa shape index (κ2) is 9.10. The van der Waals surface area contributed by atoms with Crippen LogP contribution in [-0.2, 0) is 9.53 Å². The van der Waals surface area contributed by atoms with E-state index in [4.69, 9.17) is 14.5 Å². The van der Waals surface area contributed by atoms with E-state index in [0.717, 1.165) is 27.8 Å². The number of aliphatic imine (C=N–C) groups is 1. The van der Waals surface area contributed by atoms with Gasteiger partial charge in [-0.2, -0.15) is 0 Å². The van der Waals surface area contributed by atoms with Crippen LogP contribution in [0.1, 0.15) is 12.5 Å². The lowest BCUT2D eigenvalue weighted by atomic mass is 10.1. The summed E-state index contributed by atoms with van der Waals surface area (Å²) in [6.07, 6.45) is 1.81. The fraction of sp³-hybridized carbons (Fsp3) is 0.120. The number of hydrogen-bond acceptors (Lipinski definition) is 6. The number of carbonyl (C=O) groups excluding carboxylic acids is 1. The molecule has 0 radical (unpaired) electrons. The number of hydrogen-bond donors (Lipinski definition) is 1. The molecule has 5 nitrogen and oxygen atoms in total. The number of rotatable bonds is 5. The third-order valence-electron chi connectivity index (χ3n) is 4.77. The van der Waals surface area contributed by atoms with Crippen LogP contribution in [0.2, 0.25) is 0 Å². The van der Waals surface area contributed by atoms with Crippen LogP contribution in [-0.4, -0.2) is 29.8 Å². The molecule has 4 rings (SSSR count). The standard InChI is InChI=1S/C25H21NO4S/c1-3-30-25(28)22-23(27)21(15-16-11-13-18(29-2)14-12-16)31-24(22)26-20-10-6-8-17-7-4-5-9-19(17)20/h4-15,27H,3H2,1-2H3/b21-15-,26-24?. The number of fused-ring (bicyclic) bond motifs is 1. The number of carbonyl (C=O) groups is 1. The van der Waals surface area contributed by atoms with Gasteiger partial charge in [0.1, 0.15) is 22.1 Å². The minimum absolute atomic E-state index is 0.0829. The Balaban J connectivity index is 1.79. The van der Waals surface area contributed by atoms with Gasteiger partial charge in [0.05, 0.1) is 24.3 Å². The summed E-state index contributed by atoms with van der Waals surface area (Å²) in [6.45, 7) is 1.94. The summed E-state index contributed by atoms with van der Waals surface area (Å²) >= 11 is 1.24. The molecule has 3 aromatic carbocycles. The number of esters is 1. The average molecular weight is 432 g/mol. The average Bonchev–Trinajstić information content (AvgIpc) is 3.09. The molecule has 0 spiro atoms. The number of methoxy groups -OCH3 is 1. The molecule has 0 atom stereocenters. The van der Waals surface area contributed by atoms with E-state index >= 15 is 0 Å². The Morgan fingerprint density at radius 2 is 1.81 bits per heavy atom. The van der Waals surface area contributed by atoms with E-state index < -0.39 is 5.97 Å². The van der Waals surface area contributed by atoms with Crippen LogP contribution in [0, 0.1) is 0 Å². The molecule has 31 heavy (non-hydrogen) atoms. The molecule has 0 bridgehead atoms. The lowest BCUT2D eigenvalue weighted by Crippen LogP contribution is -2.12. The van der Waals surface area contributed by atoms with E-state index in [1.807, 2.05) is 72.8 Å². The number of thioether (sulfide) groups is 1. The van der Waals surface area contributed by atoms with Gasteiger partial charge in [0.2, 0.25) is 0 Å². The first-order chi connectivity index (χ1) is 15.1. The van der Waals surface area contributed by atoms with Gasteiger partial charge in [-0.3, -0.25) is 0 Å². The van der Waals surface area contributed by atoms with E-state index in [1.165, 1.54) is 11.8 Å². The summed E-state index contributed by atoms with van der Waals surface area (Å²) in [5.41, 5.74) is 1.67. The Hall–Kier alpha value is -3.51. The van der Waals surface area contributed by atoms with Gasteiger partial charge in [-0.25, -0.2) is 9.79 Å². The number of benzene rings is 3. The molecular weight excluding hydrogens is 410 g/mol. The van der Waals surface area contributed by atoms with Crippen LogP contribution in [0.25, 0.3) is 16.8 Å². The highest BCUT2D eigenvalue weighted by atomic mass is 32.2. The minimum Gasteiger partial charge on any atom is -0.506 e. The largest absolute Gasteiger partial charge is 0.506 e. The summed E-state index contributed by atoms with van der Waals surface area (Å²) in [5, 5.41) is 13.3. The first-order valence-electron chi connectivity index (χ1n) is 9.82. The Labute approximate surface area is 184 Å². The zero-order valence-corrected chi connectivity index (χ0v) is 18.0. The van der Waals surface area contributed by atoms with Crippen LogP contribution in [0.3, 0.4) is 0 Å². The Kier molecular flexibility index (Phi) is 6.09. The zero-order chi connectivity index (χ0) is 21.8. The second-order valence-corrected chi connectivity index (χ2v) is 7.77. The third kappa shape index (κ3) is 4.34. The van der Waals surface area contributed by atoms with Crippen molar-refractivity contribution in [2.45, 2.75) is 6.92 Å². The summed E-state index contributed by atoms with van der Waals surface area (Å²) in [7, 11) is 1.61. The number of aliphatic hydroxyl groups is 1. The topological polar surface area (TPSA) is 68.1 Å². The third-order valence-corrected chi connectivity index (χ3v) is 5.79. The first-order valence-corrected chi connectivity index (χ1v) is 10.6. The van der Waals surface area contributed by atoms with Crippen molar-refractivity contribution in [3.8, 4) is 5.75 Å². The molecule has 0 saturated heterocycles. The van der Waals surface area contributed by atoms with E-state index in [2.05, 4.69) is 0 Å². The normalized spacial score (nSPS) is 16.3. The van der Waals surface area contributed by atoms with Gasteiger partial charge in [-0.15, -0.1) is 0 Å². The first kappa shape index (κ1) is 20.8. The molecule has 156 valence electrons. The van der Waals surface area contributed by atoms with Crippen LogP contribution >= 0.6 is 11.8 Å². The number of aliphatic hydroxyl groups excluding tert-OH is 1. The quantitative estimate of drug-likeness (QED) is 0.499. The molecule has 0 fully saturated rings. The van der Waals surface area contributed by atoms with Gasteiger partial charge in [-0.1, -0.05) is 60.3 Å². The van der Waals surface area contributed by atoms with E-state index in [-0.39, 0.29) is 17.9 Å². The minimum atomic E-state index is -0.593. The highest BCUT2D eigenvalue weighted by Gasteiger charge is 2.33. The van der Waals surface area contributed by atoms with Crippen LogP contribution < -0.4 is 4.74 Å². The van der Waals surface area contributed by atoms with Crippen molar-refractivity contribution >= 4 is 45.3 Å². The predicted molar refractivity (Wildman–Crippen MR) is 126 cm³/mol. The van der Waals surface area contributed by atoms with Crippen molar-refractivity contribution in [2.75, 3.05) is 13.7 Å². The number of nitrogens with zero attached hydrogens (tertiary/aromatic N) is 1. The molecule has 0 amide bonds. The molecule has 1 aliphatic rings. The molecular formula is C25H21NO4S. The molecule has 1 heterocycles. The van der Waals surface area contributed by atoms with E-state index in [9.17, 15) is 9.90 Å². The van der Waals surface area contributed by atoms with Crippen molar-refractivity contribution < 1.29 is 19.4 Å². The maximum absolute atomic E-state index is 12.6. The van der Waals surface area contributed by atoms with Gasteiger partial charge in [0, 0.05) is 5.39 Å². The molecule has 3 aromatic rings. The van der Waals surface area contributed by atoms with Crippen molar-refractivity contribution in [3.63, 3.8) is 0 Å². The Bertz CT molecular complexity index is 1220. The van der Waals surface area contributed by atoms with Gasteiger partial charge in [-0.05, 0) is 42.1 Å². The molecule has 1 N–H and O–H groups in total. The van der Waals surface area contributed by atoms with Crippen LogP contribution in [0.5, 0.6) is 5.75 Å². The highest BCUT2D eigenvalue weighted by molar-refractivity contribution is 8.18. The summed E-state index contributed by atoms with van der Waals surface area (Å²) < 4.78 is 10.4. The molecule has 6 heteroatoms. The van der Waals surface area contributed by atoms with Gasteiger partial charge in [0.25, 0.3) is 0 Å². The number of ether oxygens (including phenoxy) is 2.